The Kier molecular flexibility index (Phi) is 11.6. The molecule has 0 aliphatic heterocycles. The molecule has 2 amide bonds. The molecule has 0 saturated carbocycles. The minimum absolute atomic E-state index is 0.0102. The molecule has 0 aromatic heterocycles. The molecule has 3 rings (SSSR count). The minimum atomic E-state index is -4.18. The lowest BCUT2D eigenvalue weighted by atomic mass is 10.1. The van der Waals surface area contributed by atoms with E-state index in [-0.39, 0.29) is 23.4 Å². The van der Waals surface area contributed by atoms with Gasteiger partial charge in [0.2, 0.25) is 11.8 Å². The predicted octanol–water partition coefficient (Wildman–Crippen LogP) is 5.31. The Balaban J connectivity index is 2.01. The number of nitrogens with one attached hydrogen (secondary N) is 1. The lowest BCUT2D eigenvalue weighted by Gasteiger charge is -2.33. The zero-order valence-electron chi connectivity index (χ0n) is 23.9. The van der Waals surface area contributed by atoms with Gasteiger partial charge in [-0.3, -0.25) is 13.9 Å². The van der Waals surface area contributed by atoms with Crippen molar-refractivity contribution in [3.63, 3.8) is 0 Å². The summed E-state index contributed by atoms with van der Waals surface area (Å²) in [6.07, 6.45) is 0.872. The largest absolute Gasteiger partial charge is 0.494 e. The number of anilines is 1. The average Bonchev–Trinajstić information content (AvgIpc) is 2.94. The van der Waals surface area contributed by atoms with E-state index in [1.807, 2.05) is 58.0 Å². The standard InChI is InChI=1S/C31H38ClN3O5S/c1-5-29(31(37)33-23(3)4)34(21-20-24-10-8-7-9-11-24)30(36)22-35(26-14-16-27(17-15-26)40-6-2)41(38,39)28-18-12-25(32)13-19-28/h7-19,23,29H,5-6,20-22H2,1-4H3,(H,33,37). The van der Waals surface area contributed by atoms with E-state index in [9.17, 15) is 18.0 Å². The van der Waals surface area contributed by atoms with Gasteiger partial charge in [0.25, 0.3) is 10.0 Å². The third-order valence-electron chi connectivity index (χ3n) is 6.42. The molecule has 220 valence electrons. The highest BCUT2D eigenvalue weighted by atomic mass is 35.5. The summed E-state index contributed by atoms with van der Waals surface area (Å²) in [4.78, 5) is 28.7. The van der Waals surface area contributed by atoms with Gasteiger partial charge in [-0.1, -0.05) is 48.9 Å². The summed E-state index contributed by atoms with van der Waals surface area (Å²) in [5, 5.41) is 3.29. The lowest BCUT2D eigenvalue weighted by molar-refractivity contribution is -0.139. The summed E-state index contributed by atoms with van der Waals surface area (Å²) >= 11 is 6.01. The Hall–Kier alpha value is -3.56. The van der Waals surface area contributed by atoms with Crippen molar-refractivity contribution in [3.8, 4) is 5.75 Å². The number of nitrogens with zero attached hydrogens (tertiary/aromatic N) is 2. The first-order chi connectivity index (χ1) is 19.6. The van der Waals surface area contributed by atoms with Gasteiger partial charge in [0.05, 0.1) is 17.2 Å². The molecular weight excluding hydrogens is 562 g/mol. The first-order valence-corrected chi connectivity index (χ1v) is 15.5. The number of rotatable bonds is 14. The Morgan fingerprint density at radius 2 is 1.56 bits per heavy atom. The lowest BCUT2D eigenvalue weighted by Crippen LogP contribution is -2.54. The molecule has 41 heavy (non-hydrogen) atoms. The molecule has 0 aliphatic rings. The van der Waals surface area contributed by atoms with Crippen LogP contribution in [0.1, 0.15) is 39.7 Å². The Bertz CT molecular complexity index is 1380. The smallest absolute Gasteiger partial charge is 0.264 e. The fraction of sp³-hybridized carbons (Fsp3) is 0.355. The molecule has 0 fully saturated rings. The molecule has 0 radical (unpaired) electrons. The monoisotopic (exact) mass is 599 g/mol. The highest BCUT2D eigenvalue weighted by Crippen LogP contribution is 2.27. The van der Waals surface area contributed by atoms with E-state index in [0.717, 1.165) is 9.87 Å². The van der Waals surface area contributed by atoms with Crippen LogP contribution in [0, 0.1) is 0 Å². The van der Waals surface area contributed by atoms with Crippen molar-refractivity contribution in [2.24, 2.45) is 0 Å². The topological polar surface area (TPSA) is 96.0 Å². The van der Waals surface area contributed by atoms with Crippen molar-refractivity contribution < 1.29 is 22.7 Å². The van der Waals surface area contributed by atoms with Crippen molar-refractivity contribution >= 4 is 39.1 Å². The van der Waals surface area contributed by atoms with E-state index in [1.165, 1.54) is 29.2 Å². The number of ether oxygens (including phenoxy) is 1. The van der Waals surface area contributed by atoms with Crippen molar-refractivity contribution in [2.45, 2.75) is 57.5 Å². The summed E-state index contributed by atoms with van der Waals surface area (Å²) in [5.41, 5.74) is 1.29. The summed E-state index contributed by atoms with van der Waals surface area (Å²) in [7, 11) is -4.18. The van der Waals surface area contributed by atoms with Crippen molar-refractivity contribution in [1.29, 1.82) is 0 Å². The second kappa shape index (κ2) is 14.9. The molecule has 1 unspecified atom stereocenters. The number of carbonyl (C=O) groups is 2. The van der Waals surface area contributed by atoms with Crippen LogP contribution in [0.3, 0.4) is 0 Å². The molecular formula is C31H38ClN3O5S. The van der Waals surface area contributed by atoms with Crippen molar-refractivity contribution in [2.75, 3.05) is 24.0 Å². The second-order valence-electron chi connectivity index (χ2n) is 9.80. The number of halogens is 1. The predicted molar refractivity (Wildman–Crippen MR) is 163 cm³/mol. The molecule has 8 nitrogen and oxygen atoms in total. The van der Waals surface area contributed by atoms with Crippen LogP contribution in [0.25, 0.3) is 0 Å². The molecule has 1 atom stereocenters. The first kappa shape index (κ1) is 32.0. The van der Waals surface area contributed by atoms with Gasteiger partial charge in [-0.15, -0.1) is 0 Å². The molecule has 0 heterocycles. The van der Waals surface area contributed by atoms with Gasteiger partial charge in [0, 0.05) is 17.6 Å². The number of hydrogen-bond donors (Lipinski definition) is 1. The Morgan fingerprint density at radius 3 is 2.12 bits per heavy atom. The van der Waals surface area contributed by atoms with Gasteiger partial charge < -0.3 is 15.0 Å². The zero-order chi connectivity index (χ0) is 30.0. The number of amides is 2. The van der Waals surface area contributed by atoms with Gasteiger partial charge in [-0.05, 0) is 87.7 Å². The zero-order valence-corrected chi connectivity index (χ0v) is 25.5. The van der Waals surface area contributed by atoms with Crippen molar-refractivity contribution in [1.82, 2.24) is 10.2 Å². The Morgan fingerprint density at radius 1 is 0.927 bits per heavy atom. The van der Waals surface area contributed by atoms with E-state index >= 15 is 0 Å². The fourth-order valence-corrected chi connectivity index (χ4v) is 5.95. The second-order valence-corrected chi connectivity index (χ2v) is 12.1. The normalized spacial score (nSPS) is 12.0. The van der Waals surface area contributed by atoms with Crippen molar-refractivity contribution in [3.05, 3.63) is 89.4 Å². The summed E-state index contributed by atoms with van der Waals surface area (Å²) < 4.78 is 34.4. The molecule has 0 spiro atoms. The number of sulfonamides is 1. The van der Waals surface area contributed by atoms with Crippen LogP contribution in [0.4, 0.5) is 5.69 Å². The maximum Gasteiger partial charge on any atom is 0.264 e. The number of hydrogen-bond acceptors (Lipinski definition) is 5. The summed E-state index contributed by atoms with van der Waals surface area (Å²) in [6, 6.07) is 21.1. The number of benzene rings is 3. The molecule has 0 aliphatic carbocycles. The van der Waals surface area contributed by atoms with Crippen LogP contribution in [-0.2, 0) is 26.0 Å². The van der Waals surface area contributed by atoms with E-state index in [1.54, 1.807) is 24.3 Å². The van der Waals surface area contributed by atoms with E-state index in [4.69, 9.17) is 16.3 Å². The van der Waals surface area contributed by atoms with Gasteiger partial charge in [0.1, 0.15) is 18.3 Å². The van der Waals surface area contributed by atoms with Gasteiger partial charge in [0.15, 0.2) is 0 Å². The highest BCUT2D eigenvalue weighted by molar-refractivity contribution is 7.92. The molecule has 3 aromatic rings. The van der Waals surface area contributed by atoms with Gasteiger partial charge >= 0.3 is 0 Å². The highest BCUT2D eigenvalue weighted by Gasteiger charge is 2.33. The Labute approximate surface area is 248 Å². The van der Waals surface area contributed by atoms with E-state index in [2.05, 4.69) is 5.32 Å². The fourth-order valence-electron chi connectivity index (χ4n) is 4.41. The first-order valence-electron chi connectivity index (χ1n) is 13.7. The maximum atomic E-state index is 14.0. The number of carbonyl (C=O) groups excluding carboxylic acids is 2. The molecule has 1 N–H and O–H groups in total. The average molecular weight is 600 g/mol. The third-order valence-corrected chi connectivity index (χ3v) is 8.46. The van der Waals surface area contributed by atoms with Gasteiger partial charge in [-0.2, -0.15) is 0 Å². The molecule has 3 aromatic carbocycles. The van der Waals surface area contributed by atoms with Crippen LogP contribution in [-0.4, -0.2) is 56.9 Å². The third kappa shape index (κ3) is 8.71. The van der Waals surface area contributed by atoms with Crippen LogP contribution in [0.15, 0.2) is 83.8 Å². The van der Waals surface area contributed by atoms with Crippen LogP contribution >= 0.6 is 11.6 Å². The molecule has 0 saturated heterocycles. The molecule has 0 bridgehead atoms. The van der Waals surface area contributed by atoms with E-state index in [0.29, 0.717) is 35.9 Å². The SMILES string of the molecule is CCOc1ccc(N(CC(=O)N(CCc2ccccc2)C(CC)C(=O)NC(C)C)S(=O)(=O)c2ccc(Cl)cc2)cc1. The quantitative estimate of drug-likeness (QED) is 0.271. The minimum Gasteiger partial charge on any atom is -0.494 e. The summed E-state index contributed by atoms with van der Waals surface area (Å²) in [5.74, 6) is -0.192. The van der Waals surface area contributed by atoms with E-state index < -0.39 is 28.5 Å². The summed E-state index contributed by atoms with van der Waals surface area (Å²) in [6.45, 7) is 7.59. The van der Waals surface area contributed by atoms with Crippen LogP contribution < -0.4 is 14.4 Å². The van der Waals surface area contributed by atoms with Crippen LogP contribution in [0.2, 0.25) is 5.02 Å². The molecule has 10 heteroatoms. The maximum absolute atomic E-state index is 14.0. The van der Waals surface area contributed by atoms with Crippen LogP contribution in [0.5, 0.6) is 5.75 Å². The van der Waals surface area contributed by atoms with Gasteiger partial charge in [-0.25, -0.2) is 8.42 Å².